The second-order valence-electron chi connectivity index (χ2n) is 4.19. The summed E-state index contributed by atoms with van der Waals surface area (Å²) in [5.41, 5.74) is 1.39. The number of carbonyl (C=O) groups excluding carboxylic acids is 1. The molecule has 1 heterocycles. The number of nitrogens with one attached hydrogen (secondary N) is 1. The maximum absolute atomic E-state index is 11.7. The Morgan fingerprint density at radius 2 is 2.20 bits per heavy atom. The van der Waals surface area contributed by atoms with E-state index >= 15 is 0 Å². The van der Waals surface area contributed by atoms with Gasteiger partial charge in [-0.1, -0.05) is 22.8 Å². The van der Waals surface area contributed by atoms with Crippen molar-refractivity contribution in [2.75, 3.05) is 18.4 Å². The van der Waals surface area contributed by atoms with E-state index in [4.69, 9.17) is 21.6 Å². The summed E-state index contributed by atoms with van der Waals surface area (Å²) < 4.78 is 0. The number of anilines is 1. The van der Waals surface area contributed by atoms with Crippen LogP contribution in [0.15, 0.2) is 41.1 Å². The van der Waals surface area contributed by atoms with Gasteiger partial charge >= 0.3 is 6.09 Å². The van der Waals surface area contributed by atoms with Gasteiger partial charge in [-0.05, 0) is 36.3 Å². The van der Waals surface area contributed by atoms with E-state index in [0.29, 0.717) is 23.8 Å². The van der Waals surface area contributed by atoms with E-state index < -0.39 is 6.09 Å². The van der Waals surface area contributed by atoms with Crippen molar-refractivity contribution in [2.24, 2.45) is 5.16 Å². The molecule has 2 N–H and O–H groups in total. The Balaban J connectivity index is 1.86. The molecule has 0 aromatic heterocycles. The Kier molecular flexibility index (Phi) is 4.97. The maximum atomic E-state index is 11.7. The number of hydrogen-bond acceptors (Lipinski definition) is 5. The number of halogens is 1. The van der Waals surface area contributed by atoms with Gasteiger partial charge in [0.1, 0.15) is 0 Å². The molecule has 7 heteroatoms. The normalized spacial score (nSPS) is 15.9. The van der Waals surface area contributed by atoms with Crippen molar-refractivity contribution in [1.29, 1.82) is 0 Å². The van der Waals surface area contributed by atoms with Crippen molar-refractivity contribution in [3.05, 3.63) is 40.9 Å². The third-order valence-electron chi connectivity index (χ3n) is 2.67. The molecule has 20 heavy (non-hydrogen) atoms. The number of carbonyl (C=O) groups is 1. The summed E-state index contributed by atoms with van der Waals surface area (Å²) in [5, 5.41) is 16.1. The number of nitrogens with zero attached hydrogens (tertiary/aromatic N) is 2. The quantitative estimate of drug-likeness (QED) is 0.511. The van der Waals surface area contributed by atoms with Crippen LogP contribution < -0.4 is 5.32 Å². The van der Waals surface area contributed by atoms with E-state index in [9.17, 15) is 4.79 Å². The molecule has 2 rings (SSSR count). The highest BCUT2D eigenvalue weighted by Gasteiger charge is 2.16. The number of rotatable bonds is 3. The fraction of sp³-hybridized carbons (Fsp3) is 0.231. The fourth-order valence-electron chi connectivity index (χ4n) is 1.78. The largest absolute Gasteiger partial charge is 0.430 e. The van der Waals surface area contributed by atoms with Crippen molar-refractivity contribution in [3.63, 3.8) is 0 Å². The highest BCUT2D eigenvalue weighted by atomic mass is 35.5. The number of amides is 1. The van der Waals surface area contributed by atoms with Gasteiger partial charge in [-0.25, -0.2) is 4.79 Å². The average Bonchev–Trinajstić information content (AvgIpc) is 2.42. The smallest absolute Gasteiger partial charge is 0.411 e. The summed E-state index contributed by atoms with van der Waals surface area (Å²) >= 11 is 5.76. The molecule has 1 aromatic rings. The molecule has 1 aromatic carbocycles. The van der Waals surface area contributed by atoms with Gasteiger partial charge in [0.15, 0.2) is 0 Å². The number of benzene rings is 1. The summed E-state index contributed by atoms with van der Waals surface area (Å²) in [4.78, 5) is 16.9. The summed E-state index contributed by atoms with van der Waals surface area (Å²) in [7, 11) is 0. The summed E-state index contributed by atoms with van der Waals surface area (Å²) in [6.45, 7) is 0.981. The van der Waals surface area contributed by atoms with Crippen LogP contribution in [0.3, 0.4) is 0 Å². The van der Waals surface area contributed by atoms with E-state index in [2.05, 4.69) is 10.5 Å². The van der Waals surface area contributed by atoms with Crippen LogP contribution in [0, 0.1) is 0 Å². The van der Waals surface area contributed by atoms with Gasteiger partial charge in [-0.2, -0.15) is 0 Å². The first-order valence-electron chi connectivity index (χ1n) is 6.03. The maximum Gasteiger partial charge on any atom is 0.430 e. The molecule has 0 atom stereocenters. The molecule has 0 aliphatic carbocycles. The molecule has 6 nitrogen and oxygen atoms in total. The molecule has 0 unspecified atom stereocenters. The minimum atomic E-state index is -0.575. The molecule has 0 saturated heterocycles. The van der Waals surface area contributed by atoms with Crippen LogP contribution in [0.1, 0.15) is 6.42 Å². The van der Waals surface area contributed by atoms with Crippen LogP contribution in [-0.2, 0) is 4.84 Å². The third-order valence-corrected chi connectivity index (χ3v) is 2.92. The van der Waals surface area contributed by atoms with Gasteiger partial charge in [-0.3, -0.25) is 5.32 Å². The van der Waals surface area contributed by atoms with Crippen LogP contribution >= 0.6 is 11.6 Å². The second kappa shape index (κ2) is 6.93. The monoisotopic (exact) mass is 295 g/mol. The van der Waals surface area contributed by atoms with Crippen molar-refractivity contribution in [3.8, 4) is 0 Å². The van der Waals surface area contributed by atoms with E-state index in [1.807, 2.05) is 6.08 Å². The molecule has 0 spiro atoms. The number of hydroxylamine groups is 2. The van der Waals surface area contributed by atoms with Crippen LogP contribution in [0.5, 0.6) is 0 Å². The van der Waals surface area contributed by atoms with Crippen molar-refractivity contribution < 1.29 is 14.8 Å². The minimum absolute atomic E-state index is 0.387. The first-order valence-corrected chi connectivity index (χ1v) is 6.41. The Labute approximate surface area is 121 Å². The Morgan fingerprint density at radius 3 is 2.90 bits per heavy atom. The van der Waals surface area contributed by atoms with Crippen LogP contribution in [0.25, 0.3) is 0 Å². The zero-order valence-corrected chi connectivity index (χ0v) is 11.4. The van der Waals surface area contributed by atoms with Gasteiger partial charge in [0.25, 0.3) is 0 Å². The number of hydrogen-bond donors (Lipinski definition) is 2. The van der Waals surface area contributed by atoms with E-state index in [1.165, 1.54) is 11.3 Å². The van der Waals surface area contributed by atoms with Gasteiger partial charge < -0.3 is 10.0 Å². The molecular formula is C13H14ClN3O3. The summed E-state index contributed by atoms with van der Waals surface area (Å²) in [6, 6.07) is 6.72. The summed E-state index contributed by atoms with van der Waals surface area (Å²) in [5.74, 6) is 0. The van der Waals surface area contributed by atoms with E-state index in [1.54, 1.807) is 24.3 Å². The van der Waals surface area contributed by atoms with Gasteiger partial charge in [0.2, 0.25) is 0 Å². The Bertz CT molecular complexity index is 528. The Hall–Kier alpha value is -2.05. The SMILES string of the molecule is O=C(Nc1ccc(Cl)cc1)ON1CCC=C(/C=N/O)C1. The predicted molar refractivity (Wildman–Crippen MR) is 76.1 cm³/mol. The van der Waals surface area contributed by atoms with E-state index in [-0.39, 0.29) is 0 Å². The molecule has 0 saturated carbocycles. The molecule has 1 amide bonds. The minimum Gasteiger partial charge on any atom is -0.411 e. The third kappa shape index (κ3) is 4.25. The first-order chi connectivity index (χ1) is 9.67. The second-order valence-corrected chi connectivity index (χ2v) is 4.62. The molecule has 0 bridgehead atoms. The first kappa shape index (κ1) is 14.4. The highest BCUT2D eigenvalue weighted by Crippen LogP contribution is 2.14. The lowest BCUT2D eigenvalue weighted by atomic mass is 10.2. The molecule has 0 radical (unpaired) electrons. The van der Waals surface area contributed by atoms with Crippen LogP contribution in [-0.4, -0.2) is 35.7 Å². The summed E-state index contributed by atoms with van der Waals surface area (Å²) in [6.07, 6.45) is 3.40. The van der Waals surface area contributed by atoms with Crippen LogP contribution in [0.4, 0.5) is 10.5 Å². The zero-order valence-electron chi connectivity index (χ0n) is 10.6. The van der Waals surface area contributed by atoms with E-state index in [0.717, 1.165) is 12.0 Å². The molecule has 0 fully saturated rings. The highest BCUT2D eigenvalue weighted by molar-refractivity contribution is 6.30. The molecule has 1 aliphatic heterocycles. The van der Waals surface area contributed by atoms with Crippen molar-refractivity contribution in [1.82, 2.24) is 5.06 Å². The predicted octanol–water partition coefficient (Wildman–Crippen LogP) is 2.90. The lowest BCUT2D eigenvalue weighted by Gasteiger charge is -2.24. The lowest BCUT2D eigenvalue weighted by molar-refractivity contribution is -0.0872. The van der Waals surface area contributed by atoms with Gasteiger partial charge in [0, 0.05) is 17.3 Å². The Morgan fingerprint density at radius 1 is 1.45 bits per heavy atom. The molecule has 106 valence electrons. The van der Waals surface area contributed by atoms with Crippen LogP contribution in [0.2, 0.25) is 5.02 Å². The lowest BCUT2D eigenvalue weighted by Crippen LogP contribution is -2.34. The van der Waals surface area contributed by atoms with Crippen molar-refractivity contribution in [2.45, 2.75) is 6.42 Å². The molecular weight excluding hydrogens is 282 g/mol. The molecule has 1 aliphatic rings. The van der Waals surface area contributed by atoms with Gasteiger partial charge in [-0.15, -0.1) is 5.06 Å². The number of oxime groups is 1. The average molecular weight is 296 g/mol. The standard InChI is InChI=1S/C13H14ClN3O3/c14-11-3-5-12(6-4-11)16-13(18)20-17-7-1-2-10(9-17)8-15-19/h2-6,8,19H,1,7,9H2,(H,16,18)/b15-8+. The topological polar surface area (TPSA) is 74.2 Å². The zero-order chi connectivity index (χ0) is 14.4. The fourth-order valence-corrected chi connectivity index (χ4v) is 1.90. The van der Waals surface area contributed by atoms with Crippen molar-refractivity contribution >= 4 is 29.6 Å². The van der Waals surface area contributed by atoms with Gasteiger partial charge in [0.05, 0.1) is 12.8 Å².